The first kappa shape index (κ1) is 13.7. The Labute approximate surface area is 109 Å². The zero-order valence-corrected chi connectivity index (χ0v) is 11.7. The van der Waals surface area contributed by atoms with Gasteiger partial charge < -0.3 is 15.2 Å². The first-order valence-electron chi connectivity index (χ1n) is 6.98. The Bertz CT molecular complexity index is 323. The summed E-state index contributed by atoms with van der Waals surface area (Å²) in [6.07, 6.45) is 5.34. The summed E-state index contributed by atoms with van der Waals surface area (Å²) < 4.78 is 5.26. The zero-order chi connectivity index (χ0) is 13.4. The fourth-order valence-corrected chi connectivity index (χ4v) is 3.38. The molecule has 0 aromatic rings. The SMILES string of the molecule is CC(C)(C)OC(=O)N[C@H]1C[C@H]2CCC[C@@](O)(C2)C1. The highest BCUT2D eigenvalue weighted by molar-refractivity contribution is 5.68. The van der Waals surface area contributed by atoms with Gasteiger partial charge in [-0.25, -0.2) is 4.79 Å². The standard InChI is InChI=1S/C14H25NO3/c1-13(2,3)18-12(16)15-11-7-10-5-4-6-14(17,8-10)9-11/h10-11,17H,4-9H2,1-3H3,(H,15,16)/t10-,11+,14-/m1/s1. The third-order valence-corrected chi connectivity index (χ3v) is 3.89. The fourth-order valence-electron chi connectivity index (χ4n) is 3.38. The van der Waals surface area contributed by atoms with E-state index in [2.05, 4.69) is 5.32 Å². The fraction of sp³-hybridized carbons (Fsp3) is 0.929. The minimum Gasteiger partial charge on any atom is -0.444 e. The van der Waals surface area contributed by atoms with E-state index in [1.165, 1.54) is 6.42 Å². The Kier molecular flexibility index (Phi) is 3.58. The van der Waals surface area contributed by atoms with Crippen molar-refractivity contribution in [2.45, 2.75) is 76.5 Å². The Morgan fingerprint density at radius 2 is 2.11 bits per heavy atom. The van der Waals surface area contributed by atoms with E-state index < -0.39 is 11.2 Å². The topological polar surface area (TPSA) is 58.6 Å². The van der Waals surface area contributed by atoms with Gasteiger partial charge >= 0.3 is 6.09 Å². The lowest BCUT2D eigenvalue weighted by Gasteiger charge is -2.45. The van der Waals surface area contributed by atoms with E-state index in [-0.39, 0.29) is 12.1 Å². The number of hydrogen-bond acceptors (Lipinski definition) is 3. The highest BCUT2D eigenvalue weighted by Gasteiger charge is 2.42. The van der Waals surface area contributed by atoms with Crippen LogP contribution in [0.5, 0.6) is 0 Å². The summed E-state index contributed by atoms with van der Waals surface area (Å²) in [6.45, 7) is 5.57. The largest absolute Gasteiger partial charge is 0.444 e. The third-order valence-electron chi connectivity index (χ3n) is 3.89. The molecule has 0 unspecified atom stereocenters. The first-order valence-corrected chi connectivity index (χ1v) is 6.98. The van der Waals surface area contributed by atoms with E-state index in [4.69, 9.17) is 4.74 Å². The van der Waals surface area contributed by atoms with Gasteiger partial charge in [-0.1, -0.05) is 12.8 Å². The lowest BCUT2D eigenvalue weighted by atomic mass is 9.67. The van der Waals surface area contributed by atoms with Crippen molar-refractivity contribution in [3.8, 4) is 0 Å². The molecule has 4 heteroatoms. The number of hydrogen-bond donors (Lipinski definition) is 2. The van der Waals surface area contributed by atoms with Gasteiger partial charge in [-0.15, -0.1) is 0 Å². The molecule has 3 atom stereocenters. The Hall–Kier alpha value is -0.770. The summed E-state index contributed by atoms with van der Waals surface area (Å²) in [5, 5.41) is 13.3. The maximum absolute atomic E-state index is 11.7. The van der Waals surface area contributed by atoms with Crippen molar-refractivity contribution in [3.05, 3.63) is 0 Å². The molecule has 0 saturated heterocycles. The minimum atomic E-state index is -0.555. The molecule has 2 aliphatic carbocycles. The van der Waals surface area contributed by atoms with Crippen molar-refractivity contribution in [1.29, 1.82) is 0 Å². The van der Waals surface area contributed by atoms with Gasteiger partial charge in [0.2, 0.25) is 0 Å². The predicted octanol–water partition coefficient (Wildman–Crippen LogP) is 2.59. The molecular weight excluding hydrogens is 230 g/mol. The molecule has 2 fully saturated rings. The van der Waals surface area contributed by atoms with Gasteiger partial charge in [-0.2, -0.15) is 0 Å². The number of aliphatic hydroxyl groups is 1. The van der Waals surface area contributed by atoms with Gasteiger partial charge in [0, 0.05) is 6.04 Å². The molecule has 2 bridgehead atoms. The molecule has 2 N–H and O–H groups in total. The smallest absolute Gasteiger partial charge is 0.407 e. The van der Waals surface area contributed by atoms with Crippen LogP contribution in [0.25, 0.3) is 0 Å². The monoisotopic (exact) mass is 255 g/mol. The molecule has 0 aromatic carbocycles. The van der Waals surface area contributed by atoms with Crippen molar-refractivity contribution in [3.63, 3.8) is 0 Å². The molecule has 0 aromatic heterocycles. The number of carbonyl (C=O) groups is 1. The van der Waals surface area contributed by atoms with Gasteiger partial charge in [0.25, 0.3) is 0 Å². The molecule has 4 nitrogen and oxygen atoms in total. The lowest BCUT2D eigenvalue weighted by Crippen LogP contribution is -2.51. The number of alkyl carbamates (subject to hydrolysis) is 1. The molecule has 0 spiro atoms. The number of ether oxygens (including phenoxy) is 1. The van der Waals surface area contributed by atoms with Gasteiger partial charge in [-0.05, 0) is 52.4 Å². The van der Waals surface area contributed by atoms with Crippen molar-refractivity contribution in [2.24, 2.45) is 5.92 Å². The van der Waals surface area contributed by atoms with E-state index in [9.17, 15) is 9.90 Å². The molecule has 0 radical (unpaired) electrons. The molecule has 104 valence electrons. The second kappa shape index (κ2) is 4.72. The van der Waals surface area contributed by atoms with E-state index >= 15 is 0 Å². The highest BCUT2D eigenvalue weighted by atomic mass is 16.6. The quantitative estimate of drug-likeness (QED) is 0.757. The minimum absolute atomic E-state index is 0.0592. The number of nitrogens with one attached hydrogen (secondary N) is 1. The van der Waals surface area contributed by atoms with Crippen LogP contribution in [0.15, 0.2) is 0 Å². The first-order chi connectivity index (χ1) is 8.26. The zero-order valence-electron chi connectivity index (χ0n) is 11.7. The van der Waals surface area contributed by atoms with Gasteiger partial charge in [0.1, 0.15) is 5.60 Å². The Morgan fingerprint density at radius 1 is 1.39 bits per heavy atom. The van der Waals surface area contributed by atoms with Crippen LogP contribution in [-0.2, 0) is 4.74 Å². The molecular formula is C14H25NO3. The molecule has 0 aliphatic heterocycles. The predicted molar refractivity (Wildman–Crippen MR) is 69.3 cm³/mol. The van der Waals surface area contributed by atoms with Gasteiger partial charge in [0.05, 0.1) is 5.60 Å². The van der Waals surface area contributed by atoms with E-state index in [1.807, 2.05) is 20.8 Å². The third kappa shape index (κ3) is 3.61. The number of amides is 1. The molecule has 2 aliphatic rings. The number of carbonyl (C=O) groups excluding carboxylic acids is 1. The number of fused-ring (bicyclic) bond motifs is 2. The molecule has 18 heavy (non-hydrogen) atoms. The average Bonchev–Trinajstić information content (AvgIpc) is 2.11. The Morgan fingerprint density at radius 3 is 2.72 bits per heavy atom. The summed E-state index contributed by atoms with van der Waals surface area (Å²) in [7, 11) is 0. The summed E-state index contributed by atoms with van der Waals surface area (Å²) in [5.41, 5.74) is -1.02. The van der Waals surface area contributed by atoms with Crippen LogP contribution < -0.4 is 5.32 Å². The van der Waals surface area contributed by atoms with Crippen LogP contribution >= 0.6 is 0 Å². The van der Waals surface area contributed by atoms with E-state index in [0.29, 0.717) is 12.3 Å². The van der Waals surface area contributed by atoms with Crippen LogP contribution in [0.1, 0.15) is 59.3 Å². The second-order valence-electron chi connectivity index (χ2n) is 6.97. The molecule has 1 amide bonds. The molecule has 2 saturated carbocycles. The Balaban J connectivity index is 1.89. The van der Waals surface area contributed by atoms with Crippen LogP contribution in [0.2, 0.25) is 0 Å². The lowest BCUT2D eigenvalue weighted by molar-refractivity contribution is -0.0584. The van der Waals surface area contributed by atoms with Crippen molar-refractivity contribution in [2.75, 3.05) is 0 Å². The molecule has 0 heterocycles. The average molecular weight is 255 g/mol. The van der Waals surface area contributed by atoms with E-state index in [0.717, 1.165) is 25.7 Å². The van der Waals surface area contributed by atoms with Crippen molar-refractivity contribution >= 4 is 6.09 Å². The summed E-state index contributed by atoms with van der Waals surface area (Å²) in [5.74, 6) is 0.553. The maximum atomic E-state index is 11.7. The summed E-state index contributed by atoms with van der Waals surface area (Å²) in [6, 6.07) is 0.0592. The van der Waals surface area contributed by atoms with Crippen LogP contribution in [-0.4, -0.2) is 28.4 Å². The molecule has 2 rings (SSSR count). The highest BCUT2D eigenvalue weighted by Crippen LogP contribution is 2.42. The van der Waals surface area contributed by atoms with Gasteiger partial charge in [-0.3, -0.25) is 0 Å². The van der Waals surface area contributed by atoms with Crippen LogP contribution in [0.3, 0.4) is 0 Å². The van der Waals surface area contributed by atoms with Crippen molar-refractivity contribution < 1.29 is 14.6 Å². The van der Waals surface area contributed by atoms with Gasteiger partial charge in [0.15, 0.2) is 0 Å². The summed E-state index contributed by atoms with van der Waals surface area (Å²) in [4.78, 5) is 11.7. The van der Waals surface area contributed by atoms with Crippen molar-refractivity contribution in [1.82, 2.24) is 5.32 Å². The van der Waals surface area contributed by atoms with Crippen LogP contribution in [0.4, 0.5) is 4.79 Å². The maximum Gasteiger partial charge on any atom is 0.407 e. The van der Waals surface area contributed by atoms with E-state index in [1.54, 1.807) is 0 Å². The van der Waals surface area contributed by atoms with Crippen LogP contribution in [0, 0.1) is 5.92 Å². The summed E-state index contributed by atoms with van der Waals surface area (Å²) >= 11 is 0. The second-order valence-corrected chi connectivity index (χ2v) is 6.97. The normalized spacial score (nSPS) is 36.0. The number of rotatable bonds is 1.